The van der Waals surface area contributed by atoms with Gasteiger partial charge in [0.05, 0.1) is 12.0 Å². The van der Waals surface area contributed by atoms with Crippen molar-refractivity contribution < 1.29 is 19.1 Å². The Hall–Kier alpha value is -2.77. The van der Waals surface area contributed by atoms with E-state index in [2.05, 4.69) is 10.3 Å². The molecule has 8 heteroatoms. The zero-order valence-electron chi connectivity index (χ0n) is 15.2. The molecule has 0 saturated heterocycles. The number of benzene rings is 2. The summed E-state index contributed by atoms with van der Waals surface area (Å²) in [7, 11) is 1.54. The highest BCUT2D eigenvalue weighted by molar-refractivity contribution is 8.18. The lowest BCUT2D eigenvalue weighted by Gasteiger charge is -2.14. The highest BCUT2D eigenvalue weighted by atomic mass is 35.5. The molecular formula is C20H17ClN2O4S. The quantitative estimate of drug-likeness (QED) is 0.744. The molecule has 0 aromatic heterocycles. The van der Waals surface area contributed by atoms with E-state index in [0.29, 0.717) is 27.0 Å². The number of nitrogens with zero attached hydrogens (tertiary/aromatic N) is 1. The van der Waals surface area contributed by atoms with Gasteiger partial charge in [0.15, 0.2) is 16.7 Å². The first kappa shape index (κ1) is 20.0. The topological polar surface area (TPSA) is 77.0 Å². The zero-order valence-corrected chi connectivity index (χ0v) is 16.8. The van der Waals surface area contributed by atoms with Crippen LogP contribution in [0.2, 0.25) is 5.02 Å². The van der Waals surface area contributed by atoms with Gasteiger partial charge in [-0.1, -0.05) is 41.9 Å². The van der Waals surface area contributed by atoms with E-state index < -0.39 is 5.91 Å². The summed E-state index contributed by atoms with van der Waals surface area (Å²) in [5.74, 6) is 0.303. The second-order valence-electron chi connectivity index (χ2n) is 5.77. The maximum atomic E-state index is 12.1. The Kier molecular flexibility index (Phi) is 6.38. The highest BCUT2D eigenvalue weighted by Gasteiger charge is 2.23. The first-order valence-corrected chi connectivity index (χ1v) is 9.50. The number of amides is 2. The van der Waals surface area contributed by atoms with Gasteiger partial charge in [0.25, 0.3) is 5.91 Å². The van der Waals surface area contributed by atoms with Crippen LogP contribution in [0.3, 0.4) is 0 Å². The second kappa shape index (κ2) is 8.95. The van der Waals surface area contributed by atoms with Crippen LogP contribution in [0.25, 0.3) is 6.08 Å². The largest absolute Gasteiger partial charge is 0.493 e. The maximum absolute atomic E-state index is 12.1. The van der Waals surface area contributed by atoms with Crippen molar-refractivity contribution in [3.8, 4) is 11.5 Å². The van der Waals surface area contributed by atoms with Crippen LogP contribution in [0.4, 0.5) is 0 Å². The smallest absolute Gasteiger partial charge is 0.286 e. The SMILES string of the molecule is COc1cccc(C=C2SC(NC(C)=O)=NC2=O)c1OCc1ccccc1Cl. The van der Waals surface area contributed by atoms with Crippen LogP contribution in [0.1, 0.15) is 18.1 Å². The molecule has 1 aliphatic heterocycles. The fraction of sp³-hybridized carbons (Fsp3) is 0.150. The summed E-state index contributed by atoms with van der Waals surface area (Å²) < 4.78 is 11.4. The van der Waals surface area contributed by atoms with E-state index in [1.165, 1.54) is 6.92 Å². The Labute approximate surface area is 171 Å². The lowest BCUT2D eigenvalue weighted by Crippen LogP contribution is -2.23. The molecule has 1 N–H and O–H groups in total. The fourth-order valence-corrected chi connectivity index (χ4v) is 3.52. The number of hydrogen-bond donors (Lipinski definition) is 1. The predicted octanol–water partition coefficient (Wildman–Crippen LogP) is 4.03. The van der Waals surface area contributed by atoms with E-state index in [0.717, 1.165) is 17.3 Å². The minimum Gasteiger partial charge on any atom is -0.493 e. The number of carbonyl (C=O) groups excluding carboxylic acids is 2. The molecule has 0 fully saturated rings. The molecule has 0 bridgehead atoms. The number of carbonyl (C=O) groups is 2. The summed E-state index contributed by atoms with van der Waals surface area (Å²) in [6.45, 7) is 1.60. The van der Waals surface area contributed by atoms with Crippen molar-refractivity contribution in [1.82, 2.24) is 5.32 Å². The van der Waals surface area contributed by atoms with Crippen molar-refractivity contribution in [1.29, 1.82) is 0 Å². The summed E-state index contributed by atoms with van der Waals surface area (Å²) in [4.78, 5) is 27.5. The number of methoxy groups -OCH3 is 1. The molecule has 144 valence electrons. The first-order chi connectivity index (χ1) is 13.5. The second-order valence-corrected chi connectivity index (χ2v) is 7.21. The molecule has 0 unspecified atom stereocenters. The molecule has 0 aliphatic carbocycles. The molecule has 2 aromatic carbocycles. The molecule has 2 aromatic rings. The Morgan fingerprint density at radius 1 is 1.25 bits per heavy atom. The van der Waals surface area contributed by atoms with Gasteiger partial charge in [-0.15, -0.1) is 0 Å². The molecule has 0 saturated carbocycles. The number of amidine groups is 1. The van der Waals surface area contributed by atoms with E-state index in [4.69, 9.17) is 21.1 Å². The standard InChI is InChI=1S/C20H17ClN2O4S/c1-12(24)22-20-23-19(25)17(28-20)10-13-7-5-9-16(26-2)18(13)27-11-14-6-3-4-8-15(14)21/h3-10H,11H2,1-2H3,(H,22,23,24,25). The van der Waals surface area contributed by atoms with Gasteiger partial charge in [0, 0.05) is 23.1 Å². The molecule has 0 radical (unpaired) electrons. The summed E-state index contributed by atoms with van der Waals surface area (Å²) in [5.41, 5.74) is 1.48. The van der Waals surface area contributed by atoms with E-state index in [-0.39, 0.29) is 17.7 Å². The van der Waals surface area contributed by atoms with Crippen molar-refractivity contribution in [3.63, 3.8) is 0 Å². The third-order valence-corrected chi connectivity index (χ3v) is 5.02. The van der Waals surface area contributed by atoms with Crippen molar-refractivity contribution in [2.45, 2.75) is 13.5 Å². The Morgan fingerprint density at radius 2 is 2.04 bits per heavy atom. The lowest BCUT2D eigenvalue weighted by atomic mass is 10.1. The fourth-order valence-electron chi connectivity index (χ4n) is 2.48. The van der Waals surface area contributed by atoms with Gasteiger partial charge in [-0.25, -0.2) is 0 Å². The number of nitrogens with one attached hydrogen (secondary N) is 1. The predicted molar refractivity (Wildman–Crippen MR) is 111 cm³/mol. The monoisotopic (exact) mass is 416 g/mol. The molecule has 3 rings (SSSR count). The van der Waals surface area contributed by atoms with Gasteiger partial charge >= 0.3 is 0 Å². The molecule has 1 aliphatic rings. The van der Waals surface area contributed by atoms with Crippen molar-refractivity contribution in [3.05, 3.63) is 63.5 Å². The summed E-state index contributed by atoms with van der Waals surface area (Å²) in [5, 5.41) is 3.38. The van der Waals surface area contributed by atoms with Gasteiger partial charge in [0.2, 0.25) is 5.91 Å². The molecule has 1 heterocycles. The average Bonchev–Trinajstić information content (AvgIpc) is 2.99. The summed E-state index contributed by atoms with van der Waals surface area (Å²) >= 11 is 7.29. The lowest BCUT2D eigenvalue weighted by molar-refractivity contribution is -0.117. The van der Waals surface area contributed by atoms with E-state index in [1.807, 2.05) is 24.3 Å². The zero-order chi connectivity index (χ0) is 20.1. The minimum atomic E-state index is -0.423. The third-order valence-electron chi connectivity index (χ3n) is 3.75. The van der Waals surface area contributed by atoms with Crippen molar-refractivity contribution >= 4 is 46.4 Å². The number of aliphatic imine (C=N–C) groups is 1. The minimum absolute atomic E-state index is 0.241. The number of rotatable bonds is 5. The molecular weight excluding hydrogens is 400 g/mol. The maximum Gasteiger partial charge on any atom is 0.286 e. The normalized spacial score (nSPS) is 14.8. The molecule has 28 heavy (non-hydrogen) atoms. The van der Waals surface area contributed by atoms with Gasteiger partial charge in [-0.3, -0.25) is 9.59 Å². The van der Waals surface area contributed by atoms with Crippen LogP contribution in [0, 0.1) is 0 Å². The average molecular weight is 417 g/mol. The highest BCUT2D eigenvalue weighted by Crippen LogP contribution is 2.36. The molecule has 2 amide bonds. The van der Waals surface area contributed by atoms with E-state index >= 15 is 0 Å². The van der Waals surface area contributed by atoms with Gasteiger partial charge in [-0.05, 0) is 30.0 Å². The van der Waals surface area contributed by atoms with Crippen molar-refractivity contribution in [2.24, 2.45) is 4.99 Å². The Morgan fingerprint density at radius 3 is 2.75 bits per heavy atom. The van der Waals surface area contributed by atoms with Crippen LogP contribution in [-0.2, 0) is 16.2 Å². The molecule has 6 nitrogen and oxygen atoms in total. The molecule has 0 atom stereocenters. The Bertz CT molecular complexity index is 988. The number of para-hydroxylation sites is 1. The first-order valence-electron chi connectivity index (χ1n) is 8.31. The van der Waals surface area contributed by atoms with Crippen LogP contribution in [0.15, 0.2) is 52.4 Å². The van der Waals surface area contributed by atoms with Crippen molar-refractivity contribution in [2.75, 3.05) is 7.11 Å². The number of thioether (sulfide) groups is 1. The van der Waals surface area contributed by atoms with Crippen LogP contribution in [0.5, 0.6) is 11.5 Å². The van der Waals surface area contributed by atoms with Crippen LogP contribution < -0.4 is 14.8 Å². The number of halogens is 1. The van der Waals surface area contributed by atoms with Gasteiger partial charge in [0.1, 0.15) is 6.61 Å². The van der Waals surface area contributed by atoms with E-state index in [1.54, 1.807) is 31.4 Å². The number of hydrogen-bond acceptors (Lipinski definition) is 5. The van der Waals surface area contributed by atoms with Crippen LogP contribution in [-0.4, -0.2) is 24.1 Å². The van der Waals surface area contributed by atoms with E-state index in [9.17, 15) is 9.59 Å². The third kappa shape index (κ3) is 4.74. The molecule has 0 spiro atoms. The van der Waals surface area contributed by atoms with Crippen LogP contribution >= 0.6 is 23.4 Å². The van der Waals surface area contributed by atoms with Gasteiger partial charge in [-0.2, -0.15) is 4.99 Å². The summed E-state index contributed by atoms with van der Waals surface area (Å²) in [6.07, 6.45) is 1.66. The van der Waals surface area contributed by atoms with Gasteiger partial charge < -0.3 is 14.8 Å². The Balaban J connectivity index is 1.87. The number of ether oxygens (including phenoxy) is 2. The summed E-state index contributed by atoms with van der Waals surface area (Å²) in [6, 6.07) is 12.8.